The molecule has 0 spiro atoms. The summed E-state index contributed by atoms with van der Waals surface area (Å²) in [6, 6.07) is 12.3. The van der Waals surface area contributed by atoms with Crippen molar-refractivity contribution in [3.8, 4) is 0 Å². The average Bonchev–Trinajstić information content (AvgIpc) is 2.81. The van der Waals surface area contributed by atoms with E-state index in [0.29, 0.717) is 12.0 Å². The molecule has 2 N–H and O–H groups in total. The van der Waals surface area contributed by atoms with E-state index in [0.717, 1.165) is 16.8 Å². The molecule has 1 unspecified atom stereocenters. The minimum absolute atomic E-state index is 0.00375. The third-order valence-electron chi connectivity index (χ3n) is 3.59. The molecule has 1 heterocycles. The second-order valence-electron chi connectivity index (χ2n) is 4.88. The molecule has 0 saturated carbocycles. The van der Waals surface area contributed by atoms with Crippen molar-refractivity contribution < 1.29 is 9.18 Å². The first kappa shape index (κ1) is 12.8. The first-order chi connectivity index (χ1) is 9.69. The third-order valence-corrected chi connectivity index (χ3v) is 3.59. The Morgan fingerprint density at radius 1 is 1.25 bits per heavy atom. The molecule has 0 saturated heterocycles. The number of rotatable bonds is 3. The lowest BCUT2D eigenvalue weighted by Crippen LogP contribution is -2.19. The van der Waals surface area contributed by atoms with E-state index in [1.165, 1.54) is 6.07 Å². The molecular weight excluding hydrogens is 255 g/mol. The number of carbonyl (C=O) groups is 1. The van der Waals surface area contributed by atoms with Crippen LogP contribution in [-0.2, 0) is 11.2 Å². The maximum Gasteiger partial charge on any atom is 0.228 e. The van der Waals surface area contributed by atoms with Crippen LogP contribution in [0.4, 0.5) is 10.1 Å². The van der Waals surface area contributed by atoms with Crippen LogP contribution in [0.5, 0.6) is 0 Å². The van der Waals surface area contributed by atoms with Gasteiger partial charge in [-0.15, -0.1) is 0 Å². The number of hydrogen-bond acceptors (Lipinski definition) is 2. The van der Waals surface area contributed by atoms with E-state index in [1.807, 2.05) is 24.3 Å². The lowest BCUT2D eigenvalue weighted by atomic mass is 9.96. The van der Waals surface area contributed by atoms with E-state index in [9.17, 15) is 9.18 Å². The number of halogens is 1. The lowest BCUT2D eigenvalue weighted by Gasteiger charge is -2.18. The number of anilines is 1. The summed E-state index contributed by atoms with van der Waals surface area (Å²) in [5, 5.41) is 5.93. The van der Waals surface area contributed by atoms with Crippen molar-refractivity contribution in [2.45, 2.75) is 12.5 Å². The van der Waals surface area contributed by atoms with E-state index in [2.05, 4.69) is 10.6 Å². The Morgan fingerprint density at radius 3 is 2.80 bits per heavy atom. The molecule has 20 heavy (non-hydrogen) atoms. The summed E-state index contributed by atoms with van der Waals surface area (Å²) < 4.78 is 13.9. The Labute approximate surface area is 116 Å². The van der Waals surface area contributed by atoms with Crippen molar-refractivity contribution in [2.75, 3.05) is 12.4 Å². The topological polar surface area (TPSA) is 41.1 Å². The molecule has 3 rings (SSSR count). The molecular formula is C16H15FN2O. The van der Waals surface area contributed by atoms with Gasteiger partial charge in [0.2, 0.25) is 5.91 Å². The molecule has 102 valence electrons. The fourth-order valence-electron chi connectivity index (χ4n) is 2.64. The molecule has 3 nitrogen and oxygen atoms in total. The van der Waals surface area contributed by atoms with Crippen molar-refractivity contribution in [1.29, 1.82) is 0 Å². The van der Waals surface area contributed by atoms with Crippen LogP contribution in [-0.4, -0.2) is 13.0 Å². The summed E-state index contributed by atoms with van der Waals surface area (Å²) in [4.78, 5) is 11.4. The second-order valence-corrected chi connectivity index (χ2v) is 4.88. The number of hydrogen-bond donors (Lipinski definition) is 2. The molecule has 1 amide bonds. The number of amides is 1. The summed E-state index contributed by atoms with van der Waals surface area (Å²) >= 11 is 0. The van der Waals surface area contributed by atoms with Crippen molar-refractivity contribution in [2.24, 2.45) is 0 Å². The number of fused-ring (bicyclic) bond motifs is 1. The molecule has 0 bridgehead atoms. The van der Waals surface area contributed by atoms with E-state index in [4.69, 9.17) is 0 Å². The Hall–Kier alpha value is -2.20. The van der Waals surface area contributed by atoms with Crippen molar-refractivity contribution >= 4 is 11.6 Å². The molecule has 2 aromatic carbocycles. The van der Waals surface area contributed by atoms with Gasteiger partial charge in [0.15, 0.2) is 0 Å². The van der Waals surface area contributed by atoms with Crippen LogP contribution in [0, 0.1) is 5.82 Å². The molecule has 4 heteroatoms. The first-order valence-corrected chi connectivity index (χ1v) is 6.53. The Morgan fingerprint density at radius 2 is 2.05 bits per heavy atom. The summed E-state index contributed by atoms with van der Waals surface area (Å²) in [5.41, 5.74) is 3.37. The lowest BCUT2D eigenvalue weighted by molar-refractivity contribution is -0.115. The molecule has 0 aromatic heterocycles. The Bertz CT molecular complexity index is 669. The molecule has 1 aliphatic heterocycles. The molecule has 1 aliphatic rings. The van der Waals surface area contributed by atoms with Crippen LogP contribution in [0.2, 0.25) is 0 Å². The fraction of sp³-hybridized carbons (Fsp3) is 0.188. The smallest absolute Gasteiger partial charge is 0.228 e. The molecule has 0 aliphatic carbocycles. The Balaban J connectivity index is 2.01. The Kier molecular flexibility index (Phi) is 3.24. The average molecular weight is 270 g/mol. The van der Waals surface area contributed by atoms with Gasteiger partial charge in [-0.05, 0) is 30.3 Å². The highest BCUT2D eigenvalue weighted by molar-refractivity contribution is 5.99. The third kappa shape index (κ3) is 2.18. The van der Waals surface area contributed by atoms with Gasteiger partial charge in [-0.3, -0.25) is 4.79 Å². The van der Waals surface area contributed by atoms with Gasteiger partial charge in [0.1, 0.15) is 5.82 Å². The van der Waals surface area contributed by atoms with Crippen LogP contribution in [0.25, 0.3) is 0 Å². The van der Waals surface area contributed by atoms with Crippen molar-refractivity contribution in [1.82, 2.24) is 5.32 Å². The zero-order valence-electron chi connectivity index (χ0n) is 11.1. The van der Waals surface area contributed by atoms with Gasteiger partial charge in [-0.1, -0.05) is 30.3 Å². The number of nitrogens with one attached hydrogen (secondary N) is 2. The standard InChI is InChI=1S/C16H15FN2O/c1-18-16(12-4-2-3-5-13(12)17)10-6-7-14-11(8-10)9-15(20)19-14/h2-8,16,18H,9H2,1H3,(H,19,20). The highest BCUT2D eigenvalue weighted by Crippen LogP contribution is 2.30. The van der Waals surface area contributed by atoms with Crippen LogP contribution in [0.1, 0.15) is 22.7 Å². The van der Waals surface area contributed by atoms with Crippen LogP contribution >= 0.6 is 0 Å². The maximum absolute atomic E-state index is 13.9. The number of benzene rings is 2. The van der Waals surface area contributed by atoms with Crippen LogP contribution in [0.15, 0.2) is 42.5 Å². The van der Waals surface area contributed by atoms with Crippen LogP contribution < -0.4 is 10.6 Å². The quantitative estimate of drug-likeness (QED) is 0.900. The molecule has 2 aromatic rings. The van der Waals surface area contributed by atoms with Gasteiger partial charge in [0.05, 0.1) is 12.5 Å². The summed E-state index contributed by atoms with van der Waals surface area (Å²) in [7, 11) is 1.80. The minimum Gasteiger partial charge on any atom is -0.326 e. The number of carbonyl (C=O) groups excluding carboxylic acids is 1. The second kappa shape index (κ2) is 5.06. The minimum atomic E-state index is -0.235. The van der Waals surface area contributed by atoms with Gasteiger partial charge >= 0.3 is 0 Å². The van der Waals surface area contributed by atoms with Gasteiger partial charge in [-0.2, -0.15) is 0 Å². The highest BCUT2D eigenvalue weighted by Gasteiger charge is 2.21. The van der Waals surface area contributed by atoms with Crippen molar-refractivity contribution in [3.05, 3.63) is 65.0 Å². The SMILES string of the molecule is CNC(c1ccc2c(c1)CC(=O)N2)c1ccccc1F. The zero-order chi connectivity index (χ0) is 14.1. The van der Waals surface area contributed by atoms with E-state index < -0.39 is 0 Å². The first-order valence-electron chi connectivity index (χ1n) is 6.53. The van der Waals surface area contributed by atoms with Gasteiger partial charge in [-0.25, -0.2) is 4.39 Å². The van der Waals surface area contributed by atoms with E-state index in [-0.39, 0.29) is 17.8 Å². The normalized spacial score (nSPS) is 14.8. The summed E-state index contributed by atoms with van der Waals surface area (Å²) in [6.07, 6.45) is 0.386. The fourth-order valence-corrected chi connectivity index (χ4v) is 2.64. The molecule has 0 fully saturated rings. The molecule has 1 atom stereocenters. The van der Waals surface area contributed by atoms with Gasteiger partial charge in [0, 0.05) is 11.3 Å². The van der Waals surface area contributed by atoms with Crippen LogP contribution in [0.3, 0.4) is 0 Å². The van der Waals surface area contributed by atoms with E-state index >= 15 is 0 Å². The van der Waals surface area contributed by atoms with Gasteiger partial charge < -0.3 is 10.6 Å². The predicted octanol–water partition coefficient (Wildman–Crippen LogP) is 2.63. The highest BCUT2D eigenvalue weighted by atomic mass is 19.1. The predicted molar refractivity (Wildman–Crippen MR) is 76.1 cm³/mol. The van der Waals surface area contributed by atoms with E-state index in [1.54, 1.807) is 19.2 Å². The zero-order valence-corrected chi connectivity index (χ0v) is 11.1. The van der Waals surface area contributed by atoms with Crippen molar-refractivity contribution in [3.63, 3.8) is 0 Å². The molecule has 0 radical (unpaired) electrons. The summed E-state index contributed by atoms with van der Waals surface area (Å²) in [6.45, 7) is 0. The largest absolute Gasteiger partial charge is 0.326 e. The summed E-state index contributed by atoms with van der Waals surface area (Å²) in [5.74, 6) is -0.231. The van der Waals surface area contributed by atoms with Gasteiger partial charge in [0.25, 0.3) is 0 Å². The maximum atomic E-state index is 13.9. The monoisotopic (exact) mass is 270 g/mol.